The maximum absolute atomic E-state index is 5.04. The number of hydrogen-bond acceptors (Lipinski definition) is 5. The summed E-state index contributed by atoms with van der Waals surface area (Å²) in [5, 5.41) is 4.93. The quantitative estimate of drug-likeness (QED) is 0.860. The molecule has 3 rings (SSSR count). The van der Waals surface area contributed by atoms with E-state index in [1.807, 2.05) is 11.3 Å². The van der Waals surface area contributed by atoms with Crippen LogP contribution in [-0.4, -0.2) is 35.6 Å². The molecule has 1 aliphatic carbocycles. The van der Waals surface area contributed by atoms with Crippen molar-refractivity contribution in [3.63, 3.8) is 0 Å². The van der Waals surface area contributed by atoms with Crippen LogP contribution in [0.3, 0.4) is 0 Å². The maximum atomic E-state index is 5.04. The van der Waals surface area contributed by atoms with Gasteiger partial charge in [-0.3, -0.25) is 0 Å². The first-order valence-electron chi connectivity index (χ1n) is 8.33. The Balaban J connectivity index is 1.75. The average molecular weight is 326 g/mol. The van der Waals surface area contributed by atoms with Crippen LogP contribution < -0.4 is 10.2 Å². The zero-order valence-electron chi connectivity index (χ0n) is 13.2. The SMILES string of the molecule is CCC(C)c1nc(N2CCCSCC2)sc1CNC1CC1. The lowest BCUT2D eigenvalue weighted by Gasteiger charge is -2.18. The van der Waals surface area contributed by atoms with Crippen molar-refractivity contribution >= 4 is 28.2 Å². The fraction of sp³-hybridized carbons (Fsp3) is 0.812. The van der Waals surface area contributed by atoms with Crippen molar-refractivity contribution in [2.45, 2.75) is 58.0 Å². The first kappa shape index (κ1) is 15.6. The summed E-state index contributed by atoms with van der Waals surface area (Å²) in [6.45, 7) is 7.94. The summed E-state index contributed by atoms with van der Waals surface area (Å²) >= 11 is 4.01. The van der Waals surface area contributed by atoms with E-state index in [4.69, 9.17) is 4.98 Å². The van der Waals surface area contributed by atoms with E-state index in [2.05, 4.69) is 35.8 Å². The largest absolute Gasteiger partial charge is 0.347 e. The van der Waals surface area contributed by atoms with Crippen molar-refractivity contribution in [1.29, 1.82) is 0 Å². The molecule has 2 aliphatic rings. The van der Waals surface area contributed by atoms with Gasteiger partial charge in [-0.15, -0.1) is 11.3 Å². The van der Waals surface area contributed by atoms with E-state index in [-0.39, 0.29) is 0 Å². The molecule has 1 unspecified atom stereocenters. The molecule has 1 saturated carbocycles. The Morgan fingerprint density at radius 3 is 2.95 bits per heavy atom. The molecule has 1 aromatic heterocycles. The smallest absolute Gasteiger partial charge is 0.185 e. The minimum Gasteiger partial charge on any atom is -0.347 e. The van der Waals surface area contributed by atoms with Crippen molar-refractivity contribution in [1.82, 2.24) is 10.3 Å². The van der Waals surface area contributed by atoms with E-state index < -0.39 is 0 Å². The van der Waals surface area contributed by atoms with Crippen molar-refractivity contribution in [3.8, 4) is 0 Å². The summed E-state index contributed by atoms with van der Waals surface area (Å²) < 4.78 is 0. The number of nitrogens with one attached hydrogen (secondary N) is 1. The molecule has 1 atom stereocenters. The summed E-state index contributed by atoms with van der Waals surface area (Å²) in [6, 6.07) is 0.773. The Kier molecular flexibility index (Phi) is 5.46. The minimum atomic E-state index is 0.576. The summed E-state index contributed by atoms with van der Waals surface area (Å²) in [5.74, 6) is 3.12. The van der Waals surface area contributed by atoms with Gasteiger partial charge in [0.05, 0.1) is 5.69 Å². The first-order chi connectivity index (χ1) is 10.3. The lowest BCUT2D eigenvalue weighted by Crippen LogP contribution is -2.25. The molecule has 0 spiro atoms. The predicted molar refractivity (Wildman–Crippen MR) is 94.8 cm³/mol. The molecule has 1 N–H and O–H groups in total. The van der Waals surface area contributed by atoms with E-state index in [0.717, 1.165) is 19.1 Å². The fourth-order valence-electron chi connectivity index (χ4n) is 2.65. The second-order valence-corrected chi connectivity index (χ2v) is 8.51. The van der Waals surface area contributed by atoms with Gasteiger partial charge in [0.25, 0.3) is 0 Å². The molecule has 5 heteroatoms. The zero-order valence-corrected chi connectivity index (χ0v) is 14.9. The lowest BCUT2D eigenvalue weighted by molar-refractivity contribution is 0.660. The van der Waals surface area contributed by atoms with Crippen molar-refractivity contribution in [3.05, 3.63) is 10.6 Å². The maximum Gasteiger partial charge on any atom is 0.185 e. The molecule has 118 valence electrons. The van der Waals surface area contributed by atoms with Gasteiger partial charge in [0.1, 0.15) is 0 Å². The molecular weight excluding hydrogens is 298 g/mol. The summed E-state index contributed by atoms with van der Waals surface area (Å²) in [4.78, 5) is 9.03. The number of rotatable bonds is 6. The highest BCUT2D eigenvalue weighted by atomic mass is 32.2. The molecule has 2 heterocycles. The van der Waals surface area contributed by atoms with E-state index in [1.165, 1.54) is 59.4 Å². The Hall–Kier alpha value is -0.260. The highest BCUT2D eigenvalue weighted by Gasteiger charge is 2.24. The molecule has 2 fully saturated rings. The summed E-state index contributed by atoms with van der Waals surface area (Å²) in [7, 11) is 0. The Morgan fingerprint density at radius 1 is 1.33 bits per heavy atom. The molecule has 0 amide bonds. The number of thioether (sulfide) groups is 1. The number of nitrogens with zero attached hydrogens (tertiary/aromatic N) is 2. The van der Waals surface area contributed by atoms with E-state index in [0.29, 0.717) is 5.92 Å². The fourth-order valence-corrected chi connectivity index (χ4v) is 4.72. The number of anilines is 1. The van der Waals surface area contributed by atoms with Gasteiger partial charge in [-0.25, -0.2) is 4.98 Å². The standard InChI is InChI=1S/C16H27N3S2/c1-3-12(2)15-14(11-17-13-5-6-13)21-16(18-15)19-7-4-9-20-10-8-19/h12-13,17H,3-11H2,1-2H3. The van der Waals surface area contributed by atoms with Gasteiger partial charge in [-0.2, -0.15) is 11.8 Å². The molecule has 21 heavy (non-hydrogen) atoms. The van der Waals surface area contributed by atoms with Gasteiger partial charge in [0.15, 0.2) is 5.13 Å². The average Bonchev–Trinajstić information content (AvgIpc) is 3.29. The van der Waals surface area contributed by atoms with Crippen LogP contribution in [0.4, 0.5) is 5.13 Å². The minimum absolute atomic E-state index is 0.576. The molecule has 0 bridgehead atoms. The molecule has 1 aromatic rings. The molecule has 1 saturated heterocycles. The van der Waals surface area contributed by atoms with Crippen LogP contribution in [0.2, 0.25) is 0 Å². The van der Waals surface area contributed by atoms with Crippen LogP contribution in [0.15, 0.2) is 0 Å². The van der Waals surface area contributed by atoms with Crippen molar-refractivity contribution in [2.75, 3.05) is 29.5 Å². The second kappa shape index (κ2) is 7.34. The summed E-state index contributed by atoms with van der Waals surface area (Å²) in [5.41, 5.74) is 1.35. The zero-order chi connectivity index (χ0) is 14.7. The molecule has 1 aliphatic heterocycles. The van der Waals surface area contributed by atoms with Gasteiger partial charge in [0, 0.05) is 36.3 Å². The Morgan fingerprint density at radius 2 is 2.19 bits per heavy atom. The van der Waals surface area contributed by atoms with Crippen LogP contribution >= 0.6 is 23.1 Å². The normalized spacial score (nSPS) is 21.3. The monoisotopic (exact) mass is 325 g/mol. The highest BCUT2D eigenvalue weighted by Crippen LogP contribution is 2.33. The number of aromatic nitrogens is 1. The van der Waals surface area contributed by atoms with Gasteiger partial charge in [-0.05, 0) is 37.4 Å². The third kappa shape index (κ3) is 4.14. The lowest BCUT2D eigenvalue weighted by atomic mass is 10.0. The van der Waals surface area contributed by atoms with Crippen LogP contribution in [0.1, 0.15) is 56.0 Å². The Labute approximate surface area is 136 Å². The topological polar surface area (TPSA) is 28.2 Å². The number of hydrogen-bond donors (Lipinski definition) is 1. The van der Waals surface area contributed by atoms with Crippen LogP contribution in [-0.2, 0) is 6.54 Å². The predicted octanol–water partition coefficient (Wildman–Crippen LogP) is 3.85. The number of thiazole rings is 1. The van der Waals surface area contributed by atoms with Crippen LogP contribution in [0.25, 0.3) is 0 Å². The molecular formula is C16H27N3S2. The summed E-state index contributed by atoms with van der Waals surface area (Å²) in [6.07, 6.45) is 5.18. The van der Waals surface area contributed by atoms with Gasteiger partial charge >= 0.3 is 0 Å². The van der Waals surface area contributed by atoms with Crippen molar-refractivity contribution < 1.29 is 0 Å². The van der Waals surface area contributed by atoms with E-state index in [1.54, 1.807) is 0 Å². The van der Waals surface area contributed by atoms with E-state index >= 15 is 0 Å². The molecule has 0 aromatic carbocycles. The van der Waals surface area contributed by atoms with Gasteiger partial charge < -0.3 is 10.2 Å². The van der Waals surface area contributed by atoms with Gasteiger partial charge in [-0.1, -0.05) is 13.8 Å². The second-order valence-electron chi connectivity index (χ2n) is 6.22. The highest BCUT2D eigenvalue weighted by molar-refractivity contribution is 7.99. The Bertz CT molecular complexity index is 448. The first-order valence-corrected chi connectivity index (χ1v) is 10.3. The van der Waals surface area contributed by atoms with Crippen LogP contribution in [0.5, 0.6) is 0 Å². The van der Waals surface area contributed by atoms with E-state index in [9.17, 15) is 0 Å². The van der Waals surface area contributed by atoms with Crippen LogP contribution in [0, 0.1) is 0 Å². The van der Waals surface area contributed by atoms with Gasteiger partial charge in [0.2, 0.25) is 0 Å². The van der Waals surface area contributed by atoms with Crippen molar-refractivity contribution in [2.24, 2.45) is 0 Å². The molecule has 0 radical (unpaired) electrons. The molecule has 3 nitrogen and oxygen atoms in total. The third-order valence-electron chi connectivity index (χ3n) is 4.42. The third-order valence-corrected chi connectivity index (χ3v) is 6.60.